The van der Waals surface area contributed by atoms with Gasteiger partial charge in [0.2, 0.25) is 11.6 Å². The average Bonchev–Trinajstić information content (AvgIpc) is 3.49. The molecule has 0 unspecified atom stereocenters. The van der Waals surface area contributed by atoms with Crippen LogP contribution in [0.3, 0.4) is 0 Å². The molecule has 4 rings (SSSR count). The largest absolute Gasteiger partial charge is 0.494 e. The number of carbonyl (C=O) groups excluding carboxylic acids is 1. The zero-order valence-corrected chi connectivity index (χ0v) is 19.3. The fourth-order valence-electron chi connectivity index (χ4n) is 3.20. The fourth-order valence-corrected chi connectivity index (χ4v) is 3.20. The van der Waals surface area contributed by atoms with Crippen molar-refractivity contribution in [1.82, 2.24) is 30.7 Å². The molecule has 2 aromatic heterocycles. The lowest BCUT2D eigenvalue weighted by atomic mass is 10.1. The number of amides is 1. The van der Waals surface area contributed by atoms with Gasteiger partial charge in [0.15, 0.2) is 5.69 Å². The van der Waals surface area contributed by atoms with E-state index in [2.05, 4.69) is 31.2 Å². The molecule has 0 saturated carbocycles. The number of aromatic nitrogens is 5. The summed E-state index contributed by atoms with van der Waals surface area (Å²) in [7, 11) is 0. The number of benzene rings is 2. The molecule has 0 spiro atoms. The highest BCUT2D eigenvalue weighted by atomic mass is 16.6. The molecule has 2 aromatic carbocycles. The van der Waals surface area contributed by atoms with Crippen molar-refractivity contribution < 1.29 is 14.2 Å². The summed E-state index contributed by atoms with van der Waals surface area (Å²) >= 11 is 0. The third kappa shape index (κ3) is 5.58. The minimum absolute atomic E-state index is 0.00528. The van der Waals surface area contributed by atoms with Gasteiger partial charge in [0.25, 0.3) is 5.91 Å². The third-order valence-corrected chi connectivity index (χ3v) is 4.81. The van der Waals surface area contributed by atoms with Gasteiger partial charge in [-0.2, -0.15) is 9.78 Å². The summed E-state index contributed by atoms with van der Waals surface area (Å²) in [6, 6.07) is 17.0. The van der Waals surface area contributed by atoms with Crippen molar-refractivity contribution in [3.8, 4) is 22.8 Å². The molecule has 3 N–H and O–H groups in total. The Hall–Kier alpha value is -4.80. The summed E-state index contributed by atoms with van der Waals surface area (Å²) in [6.07, 6.45) is 4.38. The molecule has 1 amide bonds. The topological polar surface area (TPSA) is 146 Å². The second-order valence-electron chi connectivity index (χ2n) is 7.54. The molecule has 4 aromatic rings. The van der Waals surface area contributed by atoms with Crippen molar-refractivity contribution in [3.05, 3.63) is 71.4 Å². The van der Waals surface area contributed by atoms with Gasteiger partial charge >= 0.3 is 0 Å². The Bertz CT molecular complexity index is 1340. The highest BCUT2D eigenvalue weighted by Crippen LogP contribution is 2.28. The average molecular weight is 473 g/mol. The normalized spacial score (nSPS) is 11.7. The number of allylic oxidation sites excluding steroid dienone is 1. The van der Waals surface area contributed by atoms with E-state index in [0.717, 1.165) is 17.6 Å². The van der Waals surface area contributed by atoms with Crippen LogP contribution in [0.25, 0.3) is 23.2 Å². The van der Waals surface area contributed by atoms with Crippen LogP contribution in [0.15, 0.2) is 69.9 Å². The van der Waals surface area contributed by atoms with Gasteiger partial charge in [-0.1, -0.05) is 48.5 Å². The van der Waals surface area contributed by atoms with Gasteiger partial charge in [-0.05, 0) is 59.1 Å². The van der Waals surface area contributed by atoms with E-state index in [0.29, 0.717) is 23.6 Å². The van der Waals surface area contributed by atoms with Crippen LogP contribution in [0.2, 0.25) is 0 Å². The number of rotatable bonds is 9. The predicted octanol–water partition coefficient (Wildman–Crippen LogP) is 3.51. The zero-order valence-electron chi connectivity index (χ0n) is 19.3. The smallest absolute Gasteiger partial charge is 0.294 e. The standard InChI is InChI=1S/C24H24N8O3/c1-3-13-34-19-11-9-18(10-12-19)21-20(27-31-32(21)23-22(25)29-35-30-23)24(33)28-26-15-16(2)14-17-7-5-4-6-8-17/h4-12,14-15H,3,13H2,1-2H3,(H2,25,29)(H,28,33). The molecule has 0 saturated heterocycles. The Morgan fingerprint density at radius 3 is 2.63 bits per heavy atom. The predicted molar refractivity (Wildman–Crippen MR) is 131 cm³/mol. The monoisotopic (exact) mass is 472 g/mol. The van der Waals surface area contributed by atoms with Crippen LogP contribution in [-0.2, 0) is 0 Å². The SMILES string of the molecule is CCCOc1ccc(-c2c(C(=O)NN=CC(C)=Cc3ccccc3)nnn2-c2nonc2N)cc1. The third-order valence-electron chi connectivity index (χ3n) is 4.81. The molecular weight excluding hydrogens is 448 g/mol. The Balaban J connectivity index is 1.61. The molecular formula is C24H24N8O3. The minimum Gasteiger partial charge on any atom is -0.494 e. The molecule has 0 fully saturated rings. The number of anilines is 1. The van der Waals surface area contributed by atoms with E-state index in [1.165, 1.54) is 4.68 Å². The number of hydrazone groups is 1. The first-order valence-electron chi connectivity index (χ1n) is 10.9. The van der Waals surface area contributed by atoms with Crippen molar-refractivity contribution in [2.75, 3.05) is 12.3 Å². The summed E-state index contributed by atoms with van der Waals surface area (Å²) in [5.74, 6) is 0.263. The van der Waals surface area contributed by atoms with Gasteiger partial charge in [-0.15, -0.1) is 5.10 Å². The van der Waals surface area contributed by atoms with Crippen molar-refractivity contribution in [2.45, 2.75) is 20.3 Å². The van der Waals surface area contributed by atoms with E-state index in [4.69, 9.17) is 15.1 Å². The van der Waals surface area contributed by atoms with Crippen LogP contribution in [0.4, 0.5) is 5.82 Å². The van der Waals surface area contributed by atoms with Gasteiger partial charge < -0.3 is 10.5 Å². The molecule has 11 nitrogen and oxygen atoms in total. The van der Waals surface area contributed by atoms with Crippen molar-refractivity contribution >= 4 is 24.0 Å². The quantitative estimate of drug-likeness (QED) is 0.278. The number of hydrogen-bond donors (Lipinski definition) is 2. The van der Waals surface area contributed by atoms with Gasteiger partial charge in [0.1, 0.15) is 11.4 Å². The second kappa shape index (κ2) is 10.9. The van der Waals surface area contributed by atoms with E-state index >= 15 is 0 Å². The first kappa shape index (κ1) is 23.4. The number of nitrogen functional groups attached to an aromatic ring is 1. The van der Waals surface area contributed by atoms with E-state index in [-0.39, 0.29) is 17.3 Å². The number of ether oxygens (including phenoxy) is 1. The summed E-state index contributed by atoms with van der Waals surface area (Å²) in [6.45, 7) is 4.51. The molecule has 0 bridgehead atoms. The first-order chi connectivity index (χ1) is 17.1. The molecule has 35 heavy (non-hydrogen) atoms. The molecule has 0 radical (unpaired) electrons. The molecule has 178 valence electrons. The zero-order chi connectivity index (χ0) is 24.6. The Labute approximate surface area is 201 Å². The lowest BCUT2D eigenvalue weighted by Crippen LogP contribution is -2.19. The molecule has 2 heterocycles. The second-order valence-corrected chi connectivity index (χ2v) is 7.54. The van der Waals surface area contributed by atoms with Crippen LogP contribution in [0.1, 0.15) is 36.3 Å². The maximum atomic E-state index is 13.0. The number of nitrogens with zero attached hydrogens (tertiary/aromatic N) is 6. The maximum absolute atomic E-state index is 13.0. The van der Waals surface area contributed by atoms with E-state index in [1.807, 2.05) is 50.3 Å². The van der Waals surface area contributed by atoms with Gasteiger partial charge in [0.05, 0.1) is 12.8 Å². The number of nitrogens with two attached hydrogens (primary N) is 1. The fraction of sp³-hybridized carbons (Fsp3) is 0.167. The summed E-state index contributed by atoms with van der Waals surface area (Å²) in [5.41, 5.74) is 11.2. The summed E-state index contributed by atoms with van der Waals surface area (Å²) in [5, 5.41) is 19.5. The van der Waals surface area contributed by atoms with Crippen LogP contribution >= 0.6 is 0 Å². The maximum Gasteiger partial charge on any atom is 0.294 e. The van der Waals surface area contributed by atoms with Gasteiger partial charge in [-0.25, -0.2) is 10.1 Å². The number of carbonyl (C=O) groups is 1. The molecule has 11 heteroatoms. The number of hydrogen-bond acceptors (Lipinski definition) is 9. The van der Waals surface area contributed by atoms with Crippen molar-refractivity contribution in [3.63, 3.8) is 0 Å². The van der Waals surface area contributed by atoms with E-state index in [9.17, 15) is 4.79 Å². The number of nitrogens with one attached hydrogen (secondary N) is 1. The Kier molecular flexibility index (Phi) is 7.26. The van der Waals surface area contributed by atoms with Gasteiger partial charge in [-0.3, -0.25) is 4.79 Å². The van der Waals surface area contributed by atoms with E-state index in [1.54, 1.807) is 30.5 Å². The van der Waals surface area contributed by atoms with Gasteiger partial charge in [0, 0.05) is 5.56 Å². The van der Waals surface area contributed by atoms with E-state index < -0.39 is 5.91 Å². The highest BCUT2D eigenvalue weighted by molar-refractivity contribution is 5.99. The Morgan fingerprint density at radius 2 is 1.94 bits per heavy atom. The van der Waals surface area contributed by atoms with Crippen LogP contribution < -0.4 is 15.9 Å². The van der Waals surface area contributed by atoms with Crippen LogP contribution in [0, 0.1) is 0 Å². The molecule has 0 aliphatic rings. The Morgan fingerprint density at radius 1 is 1.17 bits per heavy atom. The highest BCUT2D eigenvalue weighted by Gasteiger charge is 2.25. The van der Waals surface area contributed by atoms with Crippen molar-refractivity contribution in [2.24, 2.45) is 5.10 Å². The molecule has 0 aliphatic heterocycles. The summed E-state index contributed by atoms with van der Waals surface area (Å²) < 4.78 is 11.6. The minimum atomic E-state index is -0.559. The van der Waals surface area contributed by atoms with Crippen LogP contribution in [-0.4, -0.2) is 44.0 Å². The molecule has 0 aliphatic carbocycles. The van der Waals surface area contributed by atoms with Crippen LogP contribution in [0.5, 0.6) is 5.75 Å². The summed E-state index contributed by atoms with van der Waals surface area (Å²) in [4.78, 5) is 13.0. The van der Waals surface area contributed by atoms with Crippen molar-refractivity contribution in [1.29, 1.82) is 0 Å². The lowest BCUT2D eigenvalue weighted by Gasteiger charge is -2.08. The molecule has 0 atom stereocenters. The first-order valence-corrected chi connectivity index (χ1v) is 10.9. The lowest BCUT2D eigenvalue weighted by molar-refractivity contribution is 0.0950.